The van der Waals surface area contributed by atoms with E-state index >= 15 is 0 Å². The van der Waals surface area contributed by atoms with E-state index in [0.717, 1.165) is 0 Å². The molecule has 0 spiro atoms. The summed E-state index contributed by atoms with van der Waals surface area (Å²) in [7, 11) is 0. The Hall–Kier alpha value is -2.95. The van der Waals surface area contributed by atoms with Gasteiger partial charge >= 0.3 is 6.03 Å². The molecule has 3 amide bonds. The zero-order valence-electron chi connectivity index (χ0n) is 15.6. The summed E-state index contributed by atoms with van der Waals surface area (Å²) in [4.78, 5) is 26.8. The molecule has 0 aliphatic carbocycles. The van der Waals surface area contributed by atoms with E-state index in [4.69, 9.17) is 5.41 Å². The minimum absolute atomic E-state index is 0.0272. The van der Waals surface area contributed by atoms with Crippen LogP contribution >= 0.6 is 0 Å². The van der Waals surface area contributed by atoms with Gasteiger partial charge in [-0.05, 0) is 33.8 Å². The molecule has 2 rings (SSSR count). The molecule has 136 valence electrons. The Morgan fingerprint density at radius 3 is 1.88 bits per heavy atom. The molecule has 2 N–H and O–H groups in total. The van der Waals surface area contributed by atoms with E-state index in [1.165, 1.54) is 0 Å². The van der Waals surface area contributed by atoms with Crippen molar-refractivity contribution in [1.29, 1.82) is 5.41 Å². The lowest BCUT2D eigenvalue weighted by atomic mass is 9.97. The Balaban J connectivity index is 2.28. The first kappa shape index (κ1) is 19.4. The molecule has 0 saturated carbocycles. The van der Waals surface area contributed by atoms with E-state index in [0.29, 0.717) is 16.7 Å². The lowest BCUT2D eigenvalue weighted by molar-refractivity contribution is 0.0940. The van der Waals surface area contributed by atoms with E-state index in [9.17, 15) is 9.59 Å². The Labute approximate surface area is 154 Å². The molecule has 26 heavy (non-hydrogen) atoms. The SMILES string of the molecule is CC(C)N(C(=O)NC(=O)c1ccccc1C(=N)c1ccccc1)C(C)C. The maximum absolute atomic E-state index is 12.7. The number of amides is 3. The fourth-order valence-electron chi connectivity index (χ4n) is 2.95. The van der Waals surface area contributed by atoms with Gasteiger partial charge in [0.2, 0.25) is 0 Å². The van der Waals surface area contributed by atoms with E-state index in [1.807, 2.05) is 58.0 Å². The molecule has 0 saturated heterocycles. The van der Waals surface area contributed by atoms with Gasteiger partial charge in [-0.25, -0.2) is 4.79 Å². The highest BCUT2D eigenvalue weighted by molar-refractivity contribution is 6.18. The van der Waals surface area contributed by atoms with Gasteiger partial charge in [0.05, 0.1) is 5.71 Å². The molecule has 0 aliphatic rings. The van der Waals surface area contributed by atoms with E-state index < -0.39 is 11.9 Å². The number of carbonyl (C=O) groups excluding carboxylic acids is 2. The summed E-state index contributed by atoms with van der Waals surface area (Å²) in [6, 6.07) is 15.6. The van der Waals surface area contributed by atoms with Gasteiger partial charge in [-0.1, -0.05) is 48.5 Å². The molecule has 0 aliphatic heterocycles. The average Bonchev–Trinajstić information content (AvgIpc) is 2.61. The number of rotatable bonds is 5. The number of nitrogens with one attached hydrogen (secondary N) is 2. The molecule has 0 bridgehead atoms. The van der Waals surface area contributed by atoms with Gasteiger partial charge in [-0.2, -0.15) is 0 Å². The molecule has 2 aromatic carbocycles. The number of hydrogen-bond acceptors (Lipinski definition) is 3. The molecule has 0 aromatic heterocycles. The molecule has 0 unspecified atom stereocenters. The third-order valence-corrected chi connectivity index (χ3v) is 4.07. The van der Waals surface area contributed by atoms with Gasteiger partial charge in [0.1, 0.15) is 0 Å². The highest BCUT2D eigenvalue weighted by atomic mass is 16.2. The maximum Gasteiger partial charge on any atom is 0.324 e. The van der Waals surface area contributed by atoms with E-state index in [1.54, 1.807) is 29.2 Å². The summed E-state index contributed by atoms with van der Waals surface area (Å²) in [5, 5.41) is 10.9. The van der Waals surface area contributed by atoms with Crippen LogP contribution in [0.4, 0.5) is 4.79 Å². The predicted molar refractivity (Wildman–Crippen MR) is 104 cm³/mol. The molecule has 0 heterocycles. The third kappa shape index (κ3) is 4.36. The monoisotopic (exact) mass is 351 g/mol. The number of nitrogens with zero attached hydrogens (tertiary/aromatic N) is 1. The van der Waals surface area contributed by atoms with Crippen molar-refractivity contribution in [3.05, 3.63) is 71.3 Å². The first-order chi connectivity index (χ1) is 12.3. The molecule has 0 atom stereocenters. The maximum atomic E-state index is 12.7. The average molecular weight is 351 g/mol. The van der Waals surface area contributed by atoms with Gasteiger partial charge in [0.25, 0.3) is 5.91 Å². The second-order valence-corrected chi connectivity index (χ2v) is 6.64. The predicted octanol–water partition coefficient (Wildman–Crippen LogP) is 4.07. The van der Waals surface area contributed by atoms with Crippen molar-refractivity contribution in [3.8, 4) is 0 Å². The second kappa shape index (κ2) is 8.43. The number of carbonyl (C=O) groups is 2. The van der Waals surface area contributed by atoms with Crippen molar-refractivity contribution in [2.45, 2.75) is 39.8 Å². The molecule has 5 heteroatoms. The Kier molecular flexibility index (Phi) is 6.28. The largest absolute Gasteiger partial charge is 0.324 e. The second-order valence-electron chi connectivity index (χ2n) is 6.64. The van der Waals surface area contributed by atoms with Crippen molar-refractivity contribution >= 4 is 17.6 Å². The van der Waals surface area contributed by atoms with Crippen molar-refractivity contribution in [2.24, 2.45) is 0 Å². The van der Waals surface area contributed by atoms with Gasteiger partial charge < -0.3 is 4.90 Å². The number of imide groups is 1. The summed E-state index contributed by atoms with van der Waals surface area (Å²) in [5.41, 5.74) is 1.75. The summed E-state index contributed by atoms with van der Waals surface area (Å²) in [6.45, 7) is 7.62. The van der Waals surface area contributed by atoms with Crippen molar-refractivity contribution in [3.63, 3.8) is 0 Å². The van der Waals surface area contributed by atoms with Crippen LogP contribution < -0.4 is 5.32 Å². The zero-order valence-corrected chi connectivity index (χ0v) is 15.6. The molecule has 5 nitrogen and oxygen atoms in total. The summed E-state index contributed by atoms with van der Waals surface area (Å²) < 4.78 is 0. The Morgan fingerprint density at radius 2 is 1.35 bits per heavy atom. The topological polar surface area (TPSA) is 73.3 Å². The summed E-state index contributed by atoms with van der Waals surface area (Å²) in [6.07, 6.45) is 0. The van der Waals surface area contributed by atoms with Crippen LogP contribution in [-0.4, -0.2) is 34.6 Å². The Bertz CT molecular complexity index is 790. The highest BCUT2D eigenvalue weighted by Gasteiger charge is 2.24. The fourth-order valence-corrected chi connectivity index (χ4v) is 2.95. The van der Waals surface area contributed by atoms with Gasteiger partial charge in [0.15, 0.2) is 0 Å². The smallest absolute Gasteiger partial charge is 0.320 e. The van der Waals surface area contributed by atoms with Crippen LogP contribution in [0.1, 0.15) is 49.2 Å². The van der Waals surface area contributed by atoms with Crippen molar-refractivity contribution in [1.82, 2.24) is 10.2 Å². The van der Waals surface area contributed by atoms with Crippen molar-refractivity contribution < 1.29 is 9.59 Å². The fraction of sp³-hybridized carbons (Fsp3) is 0.286. The van der Waals surface area contributed by atoms with Crippen LogP contribution in [0.2, 0.25) is 0 Å². The third-order valence-electron chi connectivity index (χ3n) is 4.07. The molecular formula is C21H25N3O2. The summed E-state index contributed by atoms with van der Waals surface area (Å²) >= 11 is 0. The quantitative estimate of drug-likeness (QED) is 0.797. The minimum atomic E-state index is -0.502. The molecule has 0 fully saturated rings. The van der Waals surface area contributed by atoms with Crippen molar-refractivity contribution in [2.75, 3.05) is 0 Å². The Morgan fingerprint density at radius 1 is 0.846 bits per heavy atom. The zero-order chi connectivity index (χ0) is 19.3. The van der Waals surface area contributed by atoms with Crippen LogP contribution in [0.25, 0.3) is 0 Å². The van der Waals surface area contributed by atoms with E-state index in [2.05, 4.69) is 5.32 Å². The standard InChI is InChI=1S/C21H25N3O2/c1-14(2)24(15(3)4)21(26)23-20(25)18-13-9-8-12-17(18)19(22)16-10-6-5-7-11-16/h5-15,22H,1-4H3,(H,23,25,26). The van der Waals surface area contributed by atoms with E-state index in [-0.39, 0.29) is 17.8 Å². The van der Waals surface area contributed by atoms with Crippen LogP contribution in [-0.2, 0) is 0 Å². The number of urea groups is 1. The van der Waals surface area contributed by atoms with Crippen LogP contribution in [0.3, 0.4) is 0 Å². The normalized spacial score (nSPS) is 10.7. The summed E-state index contributed by atoms with van der Waals surface area (Å²) in [5.74, 6) is -0.502. The highest BCUT2D eigenvalue weighted by Crippen LogP contribution is 2.15. The van der Waals surface area contributed by atoms with Crippen LogP contribution in [0, 0.1) is 5.41 Å². The number of benzene rings is 2. The molecule has 0 radical (unpaired) electrons. The molecule has 2 aromatic rings. The lowest BCUT2D eigenvalue weighted by Crippen LogP contribution is -2.49. The first-order valence-electron chi connectivity index (χ1n) is 8.70. The molecular weight excluding hydrogens is 326 g/mol. The first-order valence-corrected chi connectivity index (χ1v) is 8.70. The van der Waals surface area contributed by atoms with Gasteiger partial charge in [-0.15, -0.1) is 0 Å². The lowest BCUT2D eigenvalue weighted by Gasteiger charge is -2.30. The van der Waals surface area contributed by atoms with Gasteiger partial charge in [0, 0.05) is 28.8 Å². The number of hydrogen-bond donors (Lipinski definition) is 2. The minimum Gasteiger partial charge on any atom is -0.320 e. The van der Waals surface area contributed by atoms with Crippen LogP contribution in [0.15, 0.2) is 54.6 Å². The van der Waals surface area contributed by atoms with Crippen LogP contribution in [0.5, 0.6) is 0 Å². The van der Waals surface area contributed by atoms with Gasteiger partial charge in [-0.3, -0.25) is 15.5 Å².